The molecule has 1 aliphatic heterocycles. The first-order valence-corrected chi connectivity index (χ1v) is 12.4. The Balaban J connectivity index is 1.66. The minimum atomic E-state index is 0.430. The molecule has 3 heteroatoms. The summed E-state index contributed by atoms with van der Waals surface area (Å²) in [6.07, 6.45) is 12.8. The zero-order chi connectivity index (χ0) is 22.5. The lowest BCUT2D eigenvalue weighted by atomic mass is 9.83. The average Bonchev–Trinajstić information content (AvgIpc) is 3.30. The number of benzene rings is 2. The van der Waals surface area contributed by atoms with Crippen molar-refractivity contribution in [1.29, 1.82) is 0 Å². The summed E-state index contributed by atoms with van der Waals surface area (Å²) >= 11 is 0. The van der Waals surface area contributed by atoms with Crippen molar-refractivity contribution in [2.75, 3.05) is 51.1 Å². The molecule has 2 aromatic carbocycles. The van der Waals surface area contributed by atoms with Gasteiger partial charge in [0.1, 0.15) is 13.1 Å². The normalized spacial score (nSPS) is 20.1. The molecule has 0 bridgehead atoms. The number of piperidine rings is 1. The summed E-state index contributed by atoms with van der Waals surface area (Å²) in [5.41, 5.74) is 6.96. The van der Waals surface area contributed by atoms with E-state index < -0.39 is 0 Å². The summed E-state index contributed by atoms with van der Waals surface area (Å²) in [5, 5.41) is 0. The van der Waals surface area contributed by atoms with E-state index in [-0.39, 0.29) is 0 Å². The molecule has 2 unspecified atom stereocenters. The van der Waals surface area contributed by atoms with Gasteiger partial charge in [-0.05, 0) is 54.7 Å². The lowest BCUT2D eigenvalue weighted by Gasteiger charge is -2.23. The summed E-state index contributed by atoms with van der Waals surface area (Å²) in [5.74, 6) is 1.05. The summed E-state index contributed by atoms with van der Waals surface area (Å²) in [4.78, 5) is 4.34. The molecule has 2 aromatic rings. The fourth-order valence-corrected chi connectivity index (χ4v) is 5.39. The lowest BCUT2D eigenvalue weighted by molar-refractivity contribution is -0.540. The minimum absolute atomic E-state index is 0.430. The Kier molecular flexibility index (Phi) is 7.34. The van der Waals surface area contributed by atoms with E-state index in [1.807, 2.05) is 0 Å². The lowest BCUT2D eigenvalue weighted by Crippen LogP contribution is -2.31. The number of hydrogen-bond donors (Lipinski definition) is 0. The highest BCUT2D eigenvalue weighted by Gasteiger charge is 2.36. The molecular formula is C29H40N3+. The topological polar surface area (TPSA) is 9.49 Å². The molecule has 1 saturated carbocycles. The second-order valence-electron chi connectivity index (χ2n) is 9.89. The van der Waals surface area contributed by atoms with Gasteiger partial charge in [-0.15, -0.1) is 0 Å². The first-order valence-electron chi connectivity index (χ1n) is 12.4. The summed E-state index contributed by atoms with van der Waals surface area (Å²) in [7, 11) is 8.42. The van der Waals surface area contributed by atoms with E-state index in [0.717, 1.165) is 0 Å². The predicted octanol–water partition coefficient (Wildman–Crippen LogP) is 6.05. The van der Waals surface area contributed by atoms with Crippen LogP contribution in [0.3, 0.4) is 0 Å². The van der Waals surface area contributed by atoms with E-state index in [9.17, 15) is 0 Å². The van der Waals surface area contributed by atoms with E-state index in [1.165, 1.54) is 74.1 Å². The maximum atomic E-state index is 2.74. The highest BCUT2D eigenvalue weighted by atomic mass is 15.1. The molecule has 2 aliphatic rings. The van der Waals surface area contributed by atoms with Crippen molar-refractivity contribution in [3.63, 3.8) is 0 Å². The smallest absolute Gasteiger partial charge is 0.156 e. The average molecular weight is 431 g/mol. The molecule has 32 heavy (non-hydrogen) atoms. The molecule has 0 radical (unpaired) electrons. The van der Waals surface area contributed by atoms with Crippen LogP contribution in [-0.2, 0) is 0 Å². The Morgan fingerprint density at radius 2 is 1.38 bits per heavy atom. The van der Waals surface area contributed by atoms with Gasteiger partial charge in [0.05, 0.1) is 0 Å². The number of allylic oxidation sites excluding steroid dienone is 1. The third kappa shape index (κ3) is 5.26. The molecule has 0 amide bonds. The van der Waals surface area contributed by atoms with Crippen LogP contribution in [0, 0.1) is 5.92 Å². The van der Waals surface area contributed by atoms with Gasteiger partial charge in [-0.25, -0.2) is 4.58 Å². The number of rotatable bonds is 6. The van der Waals surface area contributed by atoms with E-state index in [4.69, 9.17) is 0 Å². The maximum Gasteiger partial charge on any atom is 0.156 e. The molecule has 0 aromatic heterocycles. The molecular weight excluding hydrogens is 390 g/mol. The Morgan fingerprint density at radius 3 is 1.97 bits per heavy atom. The van der Waals surface area contributed by atoms with Gasteiger partial charge in [0.15, 0.2) is 5.71 Å². The van der Waals surface area contributed by atoms with Crippen LogP contribution in [0.1, 0.15) is 55.6 Å². The summed E-state index contributed by atoms with van der Waals surface area (Å²) in [6, 6.07) is 18.2. The number of anilines is 2. The summed E-state index contributed by atoms with van der Waals surface area (Å²) in [6.45, 7) is 2.52. The first kappa shape index (κ1) is 22.6. The molecule has 2 atom stereocenters. The summed E-state index contributed by atoms with van der Waals surface area (Å²) < 4.78 is 2.74. The molecule has 1 aliphatic carbocycles. The van der Waals surface area contributed by atoms with Crippen LogP contribution in [0.5, 0.6) is 0 Å². The molecule has 0 N–H and O–H groups in total. The Hall–Kier alpha value is -2.55. The van der Waals surface area contributed by atoms with Gasteiger partial charge in [0.2, 0.25) is 0 Å². The molecule has 1 heterocycles. The van der Waals surface area contributed by atoms with Crippen molar-refractivity contribution in [2.45, 2.75) is 44.4 Å². The minimum Gasteiger partial charge on any atom is -0.378 e. The Bertz CT molecular complexity index is 927. The van der Waals surface area contributed by atoms with Crippen molar-refractivity contribution >= 4 is 23.2 Å². The van der Waals surface area contributed by atoms with Crippen molar-refractivity contribution in [1.82, 2.24) is 0 Å². The first-order chi connectivity index (χ1) is 15.5. The highest BCUT2D eigenvalue weighted by molar-refractivity contribution is 5.85. The Labute approximate surface area is 195 Å². The van der Waals surface area contributed by atoms with E-state index in [0.29, 0.717) is 11.8 Å². The van der Waals surface area contributed by atoms with Gasteiger partial charge in [0, 0.05) is 70.7 Å². The number of hydrogen-bond acceptors (Lipinski definition) is 2. The van der Waals surface area contributed by atoms with Crippen LogP contribution >= 0.6 is 0 Å². The second kappa shape index (κ2) is 10.4. The van der Waals surface area contributed by atoms with Crippen LogP contribution < -0.4 is 9.80 Å². The van der Waals surface area contributed by atoms with Crippen molar-refractivity contribution < 1.29 is 4.58 Å². The van der Waals surface area contributed by atoms with Crippen molar-refractivity contribution in [3.05, 3.63) is 65.7 Å². The number of nitrogens with zero attached hydrogens (tertiary/aromatic N) is 3. The highest BCUT2D eigenvalue weighted by Crippen LogP contribution is 2.38. The SMILES string of the molecule is CN(C)c1ccc(/C=C/C(c2ccc(N(C)C)cc2)C2CCCC2=[N+]2CCCCC2)cc1. The van der Waals surface area contributed by atoms with Gasteiger partial charge < -0.3 is 9.80 Å². The predicted molar refractivity (Wildman–Crippen MR) is 140 cm³/mol. The Morgan fingerprint density at radius 1 is 0.781 bits per heavy atom. The van der Waals surface area contributed by atoms with Gasteiger partial charge in [-0.3, -0.25) is 0 Å². The quantitative estimate of drug-likeness (QED) is 0.516. The van der Waals surface area contributed by atoms with Crippen LogP contribution in [0.2, 0.25) is 0 Å². The molecule has 170 valence electrons. The molecule has 1 saturated heterocycles. The monoisotopic (exact) mass is 430 g/mol. The van der Waals surface area contributed by atoms with Gasteiger partial charge in [-0.1, -0.05) is 36.4 Å². The van der Waals surface area contributed by atoms with E-state index >= 15 is 0 Å². The maximum absolute atomic E-state index is 2.74. The van der Waals surface area contributed by atoms with Gasteiger partial charge in [-0.2, -0.15) is 0 Å². The fourth-order valence-electron chi connectivity index (χ4n) is 5.39. The zero-order valence-corrected chi connectivity index (χ0v) is 20.4. The van der Waals surface area contributed by atoms with E-state index in [2.05, 4.69) is 103 Å². The van der Waals surface area contributed by atoms with Gasteiger partial charge in [0.25, 0.3) is 0 Å². The third-order valence-corrected chi connectivity index (χ3v) is 7.27. The van der Waals surface area contributed by atoms with Crippen LogP contribution in [0.15, 0.2) is 54.6 Å². The van der Waals surface area contributed by atoms with Crippen molar-refractivity contribution in [2.24, 2.45) is 5.92 Å². The van der Waals surface area contributed by atoms with E-state index in [1.54, 1.807) is 5.71 Å². The standard InChI is InChI=1S/C29H40N3/c1-30(2)25-16-11-23(12-17-25)13-20-27(24-14-18-26(19-15-24)31(3)4)28-9-8-10-29(28)32-21-6-5-7-22-32/h11-20,27-28H,5-10,21-22H2,1-4H3/q+1/b20-13+. The molecule has 3 nitrogen and oxygen atoms in total. The van der Waals surface area contributed by atoms with Crippen LogP contribution in [0.25, 0.3) is 6.08 Å². The second-order valence-corrected chi connectivity index (χ2v) is 9.89. The molecule has 0 spiro atoms. The van der Waals surface area contributed by atoms with Gasteiger partial charge >= 0.3 is 0 Å². The molecule has 2 fully saturated rings. The molecule has 4 rings (SSSR count). The van der Waals surface area contributed by atoms with Crippen molar-refractivity contribution in [3.8, 4) is 0 Å². The largest absolute Gasteiger partial charge is 0.378 e. The van der Waals surface area contributed by atoms with Crippen LogP contribution in [0.4, 0.5) is 11.4 Å². The fraction of sp³-hybridized carbons (Fsp3) is 0.483. The zero-order valence-electron chi connectivity index (χ0n) is 20.4. The third-order valence-electron chi connectivity index (χ3n) is 7.27. The van der Waals surface area contributed by atoms with Crippen LogP contribution in [-0.4, -0.2) is 51.6 Å².